The van der Waals surface area contributed by atoms with Gasteiger partial charge in [-0.15, -0.1) is 0 Å². The summed E-state index contributed by atoms with van der Waals surface area (Å²) in [5.74, 6) is -0.771. The molecule has 0 radical (unpaired) electrons. The molecule has 1 aliphatic rings. The average Bonchev–Trinajstić information content (AvgIpc) is 2.97. The number of hydrogen-bond acceptors (Lipinski definition) is 3. The summed E-state index contributed by atoms with van der Waals surface area (Å²) in [5, 5.41) is 3.05. The van der Waals surface area contributed by atoms with E-state index >= 15 is 0 Å². The molecule has 136 valence electrons. The number of amides is 3. The highest BCUT2D eigenvalue weighted by Crippen LogP contribution is 2.33. The maximum Gasteiger partial charge on any atom is 0.325 e. The van der Waals surface area contributed by atoms with Gasteiger partial charge in [0.2, 0.25) is 0 Å². The summed E-state index contributed by atoms with van der Waals surface area (Å²) in [6.07, 6.45) is 0. The van der Waals surface area contributed by atoms with Gasteiger partial charge in [-0.2, -0.15) is 0 Å². The first-order chi connectivity index (χ1) is 12.2. The molecule has 0 bridgehead atoms. The number of carbonyl (C=O) groups excluding carboxylic acids is 3. The molecule has 26 heavy (non-hydrogen) atoms. The standard InChI is InChI=1S/C19H20ClN3O3/c1-11-9-13(12(2)22(11)4)16(24)10-23-17(25)19(3,21-18(23)26)14-7-5-6-8-15(14)20/h5-9H,10H2,1-4H3,(H,21,26)/t19-/m1/s1. The molecule has 1 aromatic heterocycles. The topological polar surface area (TPSA) is 71.4 Å². The second-order valence-corrected chi connectivity index (χ2v) is 7.10. The molecule has 0 unspecified atom stereocenters. The first kappa shape index (κ1) is 18.2. The Morgan fingerprint density at radius 1 is 1.23 bits per heavy atom. The van der Waals surface area contributed by atoms with Crippen LogP contribution in [0.1, 0.15) is 34.2 Å². The Balaban J connectivity index is 1.89. The smallest absolute Gasteiger partial charge is 0.325 e. The van der Waals surface area contributed by atoms with Crippen LogP contribution in [0.15, 0.2) is 30.3 Å². The van der Waals surface area contributed by atoms with Crippen LogP contribution in [0.5, 0.6) is 0 Å². The largest absolute Gasteiger partial charge is 0.351 e. The van der Waals surface area contributed by atoms with Gasteiger partial charge in [-0.05, 0) is 32.9 Å². The van der Waals surface area contributed by atoms with Gasteiger partial charge in [-0.1, -0.05) is 29.8 Å². The molecular weight excluding hydrogens is 354 g/mol. The van der Waals surface area contributed by atoms with Crippen molar-refractivity contribution in [2.45, 2.75) is 26.3 Å². The molecule has 1 fully saturated rings. The molecule has 7 heteroatoms. The second-order valence-electron chi connectivity index (χ2n) is 6.69. The molecule has 2 heterocycles. The van der Waals surface area contributed by atoms with Crippen LogP contribution < -0.4 is 5.32 Å². The lowest BCUT2D eigenvalue weighted by Crippen LogP contribution is -2.41. The van der Waals surface area contributed by atoms with Crippen molar-refractivity contribution in [1.82, 2.24) is 14.8 Å². The Labute approximate surface area is 156 Å². The quantitative estimate of drug-likeness (QED) is 0.661. The van der Waals surface area contributed by atoms with Crippen molar-refractivity contribution in [2.24, 2.45) is 7.05 Å². The first-order valence-corrected chi connectivity index (χ1v) is 8.60. The summed E-state index contributed by atoms with van der Waals surface area (Å²) in [4.78, 5) is 39.0. The molecular formula is C19H20ClN3O3. The number of nitrogens with one attached hydrogen (secondary N) is 1. The Morgan fingerprint density at radius 3 is 2.46 bits per heavy atom. The van der Waals surface area contributed by atoms with Crippen LogP contribution in [0, 0.1) is 13.8 Å². The number of nitrogens with zero attached hydrogens (tertiary/aromatic N) is 2. The minimum Gasteiger partial charge on any atom is -0.351 e. The number of ketones is 1. The van der Waals surface area contributed by atoms with Crippen LogP contribution in [0.4, 0.5) is 4.79 Å². The summed E-state index contributed by atoms with van der Waals surface area (Å²) in [5.41, 5.74) is 1.45. The molecule has 3 amide bonds. The number of urea groups is 1. The van der Waals surface area contributed by atoms with E-state index in [0.717, 1.165) is 16.3 Å². The zero-order valence-electron chi connectivity index (χ0n) is 15.1. The van der Waals surface area contributed by atoms with Crippen molar-refractivity contribution in [1.29, 1.82) is 0 Å². The third kappa shape index (κ3) is 2.70. The van der Waals surface area contributed by atoms with E-state index in [1.54, 1.807) is 37.3 Å². The lowest BCUT2D eigenvalue weighted by molar-refractivity contribution is -0.130. The van der Waals surface area contributed by atoms with Gasteiger partial charge in [0.1, 0.15) is 5.54 Å². The number of aromatic nitrogens is 1. The Morgan fingerprint density at radius 2 is 1.88 bits per heavy atom. The second kappa shape index (κ2) is 6.29. The molecule has 1 N–H and O–H groups in total. The SMILES string of the molecule is Cc1cc(C(=O)CN2C(=O)N[C@](C)(c3ccccc3Cl)C2=O)c(C)n1C. The zero-order valence-corrected chi connectivity index (χ0v) is 15.8. The van der Waals surface area contributed by atoms with E-state index in [-0.39, 0.29) is 12.3 Å². The molecule has 0 aliphatic carbocycles. The third-order valence-electron chi connectivity index (χ3n) is 5.06. The predicted octanol–water partition coefficient (Wildman–Crippen LogP) is 2.95. The number of benzene rings is 1. The average molecular weight is 374 g/mol. The fourth-order valence-electron chi connectivity index (χ4n) is 3.26. The van der Waals surface area contributed by atoms with Crippen molar-refractivity contribution >= 4 is 29.3 Å². The summed E-state index contributed by atoms with van der Waals surface area (Å²) in [7, 11) is 1.86. The minimum absolute atomic E-state index is 0.280. The lowest BCUT2D eigenvalue weighted by Gasteiger charge is -2.23. The number of carbonyl (C=O) groups is 3. The molecule has 2 aromatic rings. The van der Waals surface area contributed by atoms with E-state index in [0.29, 0.717) is 16.1 Å². The van der Waals surface area contributed by atoms with E-state index in [4.69, 9.17) is 11.6 Å². The highest BCUT2D eigenvalue weighted by Gasteiger charge is 2.50. The van der Waals surface area contributed by atoms with E-state index in [1.165, 1.54) is 0 Å². The summed E-state index contributed by atoms with van der Waals surface area (Å²) < 4.78 is 1.90. The van der Waals surface area contributed by atoms with Crippen LogP contribution in [-0.2, 0) is 17.4 Å². The van der Waals surface area contributed by atoms with Crippen molar-refractivity contribution in [3.8, 4) is 0 Å². The van der Waals surface area contributed by atoms with Gasteiger partial charge in [-0.3, -0.25) is 14.5 Å². The maximum atomic E-state index is 12.9. The lowest BCUT2D eigenvalue weighted by atomic mass is 9.92. The molecule has 1 aromatic carbocycles. The highest BCUT2D eigenvalue weighted by atomic mass is 35.5. The normalized spacial score (nSPS) is 19.8. The van der Waals surface area contributed by atoms with Gasteiger partial charge in [0.05, 0.1) is 6.54 Å². The van der Waals surface area contributed by atoms with E-state index < -0.39 is 17.5 Å². The molecule has 1 atom stereocenters. The van der Waals surface area contributed by atoms with Crippen LogP contribution >= 0.6 is 11.6 Å². The van der Waals surface area contributed by atoms with Crippen molar-refractivity contribution in [2.75, 3.05) is 6.54 Å². The van der Waals surface area contributed by atoms with Gasteiger partial charge < -0.3 is 9.88 Å². The van der Waals surface area contributed by atoms with Crippen molar-refractivity contribution < 1.29 is 14.4 Å². The first-order valence-electron chi connectivity index (χ1n) is 8.22. The minimum atomic E-state index is -1.29. The summed E-state index contributed by atoms with van der Waals surface area (Å²) in [6, 6.07) is 8.01. The van der Waals surface area contributed by atoms with E-state index in [9.17, 15) is 14.4 Å². The fourth-order valence-corrected chi connectivity index (χ4v) is 3.58. The predicted molar refractivity (Wildman–Crippen MR) is 98.3 cm³/mol. The Hall–Kier alpha value is -2.60. The van der Waals surface area contributed by atoms with Crippen LogP contribution in [-0.4, -0.2) is 33.7 Å². The molecule has 6 nitrogen and oxygen atoms in total. The van der Waals surface area contributed by atoms with Crippen LogP contribution in [0.25, 0.3) is 0 Å². The zero-order chi connectivity index (χ0) is 19.2. The van der Waals surface area contributed by atoms with Crippen LogP contribution in [0.3, 0.4) is 0 Å². The Kier molecular flexibility index (Phi) is 4.40. The summed E-state index contributed by atoms with van der Waals surface area (Å²) in [6.45, 7) is 5.01. The van der Waals surface area contributed by atoms with Gasteiger partial charge in [-0.25, -0.2) is 4.79 Å². The third-order valence-corrected chi connectivity index (χ3v) is 5.39. The number of hydrogen-bond donors (Lipinski definition) is 1. The van der Waals surface area contributed by atoms with Gasteiger partial charge in [0.15, 0.2) is 5.78 Å². The number of imide groups is 1. The van der Waals surface area contributed by atoms with Crippen molar-refractivity contribution in [3.05, 3.63) is 57.9 Å². The highest BCUT2D eigenvalue weighted by molar-refractivity contribution is 6.32. The molecule has 1 saturated heterocycles. The number of Topliss-reactive ketones (excluding diaryl/α,β-unsaturated/α-hetero) is 1. The number of rotatable bonds is 4. The van der Waals surface area contributed by atoms with Gasteiger partial charge in [0, 0.05) is 34.6 Å². The molecule has 1 aliphatic heterocycles. The van der Waals surface area contributed by atoms with Gasteiger partial charge >= 0.3 is 6.03 Å². The maximum absolute atomic E-state index is 12.9. The number of aryl methyl sites for hydroxylation is 1. The van der Waals surface area contributed by atoms with E-state index in [1.807, 2.05) is 25.5 Å². The Bertz CT molecular complexity index is 934. The summed E-state index contributed by atoms with van der Waals surface area (Å²) >= 11 is 6.21. The molecule has 0 spiro atoms. The monoisotopic (exact) mass is 373 g/mol. The number of halogens is 1. The molecule has 3 rings (SSSR count). The van der Waals surface area contributed by atoms with Crippen molar-refractivity contribution in [3.63, 3.8) is 0 Å². The molecule has 0 saturated carbocycles. The van der Waals surface area contributed by atoms with Crippen LogP contribution in [0.2, 0.25) is 5.02 Å². The fraction of sp³-hybridized carbons (Fsp3) is 0.316. The van der Waals surface area contributed by atoms with E-state index in [2.05, 4.69) is 5.32 Å². The van der Waals surface area contributed by atoms with Gasteiger partial charge in [0.25, 0.3) is 5.91 Å².